The Kier molecular flexibility index (Phi) is 1.64. The standard InChI is InChI=1S/C7H8N4O/c12-5-11-3-7(8-4-11)6-1-9-10-2-6/h1-4,12H,5H2,(H,9,10). The third kappa shape index (κ3) is 1.10. The predicted octanol–water partition coefficient (Wildman–Crippen LogP) is 0.223. The van der Waals surface area contributed by atoms with Crippen LogP contribution in [0.4, 0.5) is 0 Å². The van der Waals surface area contributed by atoms with Crippen LogP contribution in [0, 0.1) is 0 Å². The van der Waals surface area contributed by atoms with Gasteiger partial charge in [0, 0.05) is 18.0 Å². The van der Waals surface area contributed by atoms with Gasteiger partial charge in [0.05, 0.1) is 18.2 Å². The van der Waals surface area contributed by atoms with Crippen LogP contribution in [-0.2, 0) is 6.73 Å². The van der Waals surface area contributed by atoms with Gasteiger partial charge in [-0.15, -0.1) is 0 Å². The molecule has 0 aliphatic carbocycles. The number of nitrogens with zero attached hydrogens (tertiary/aromatic N) is 3. The van der Waals surface area contributed by atoms with E-state index in [0.717, 1.165) is 11.3 Å². The molecule has 12 heavy (non-hydrogen) atoms. The fourth-order valence-electron chi connectivity index (χ4n) is 0.977. The molecule has 2 N–H and O–H groups in total. The van der Waals surface area contributed by atoms with Crippen molar-refractivity contribution in [3.05, 3.63) is 24.9 Å². The molecule has 0 aromatic carbocycles. The summed E-state index contributed by atoms with van der Waals surface area (Å²) in [6.07, 6.45) is 6.77. The maximum absolute atomic E-state index is 8.75. The minimum absolute atomic E-state index is 0.0507. The van der Waals surface area contributed by atoms with Gasteiger partial charge in [0.1, 0.15) is 6.73 Å². The maximum Gasteiger partial charge on any atom is 0.120 e. The average molecular weight is 164 g/mol. The topological polar surface area (TPSA) is 66.7 Å². The summed E-state index contributed by atoms with van der Waals surface area (Å²) in [5, 5.41) is 15.2. The van der Waals surface area contributed by atoms with Crippen molar-refractivity contribution in [3.63, 3.8) is 0 Å². The lowest BCUT2D eigenvalue weighted by molar-refractivity contribution is 0.210. The minimum atomic E-state index is -0.0507. The van der Waals surface area contributed by atoms with Gasteiger partial charge in [0.2, 0.25) is 0 Å². The molecule has 0 fully saturated rings. The number of hydrogen-bond acceptors (Lipinski definition) is 3. The van der Waals surface area contributed by atoms with Crippen LogP contribution >= 0.6 is 0 Å². The molecule has 0 aliphatic heterocycles. The monoisotopic (exact) mass is 164 g/mol. The number of H-pyrrole nitrogens is 1. The van der Waals surface area contributed by atoms with Crippen LogP contribution in [0.25, 0.3) is 11.3 Å². The van der Waals surface area contributed by atoms with Crippen molar-refractivity contribution >= 4 is 0 Å². The zero-order chi connectivity index (χ0) is 8.39. The van der Waals surface area contributed by atoms with E-state index < -0.39 is 0 Å². The van der Waals surface area contributed by atoms with Crippen LogP contribution in [0.2, 0.25) is 0 Å². The van der Waals surface area contributed by atoms with Crippen LogP contribution in [0.3, 0.4) is 0 Å². The van der Waals surface area contributed by atoms with E-state index >= 15 is 0 Å². The van der Waals surface area contributed by atoms with E-state index in [0.29, 0.717) is 0 Å². The van der Waals surface area contributed by atoms with E-state index in [2.05, 4.69) is 15.2 Å². The molecule has 2 heterocycles. The van der Waals surface area contributed by atoms with Crippen LogP contribution in [0.5, 0.6) is 0 Å². The lowest BCUT2D eigenvalue weighted by atomic mass is 10.3. The highest BCUT2D eigenvalue weighted by molar-refractivity contribution is 5.55. The first-order valence-corrected chi connectivity index (χ1v) is 3.52. The van der Waals surface area contributed by atoms with Crippen molar-refractivity contribution in [2.75, 3.05) is 0 Å². The van der Waals surface area contributed by atoms with Gasteiger partial charge in [-0.3, -0.25) is 5.10 Å². The Morgan fingerprint density at radius 3 is 3.08 bits per heavy atom. The van der Waals surface area contributed by atoms with E-state index in [-0.39, 0.29) is 6.73 Å². The minimum Gasteiger partial charge on any atom is -0.376 e. The Balaban J connectivity index is 2.35. The van der Waals surface area contributed by atoms with Gasteiger partial charge in [0.25, 0.3) is 0 Å². The number of imidazole rings is 1. The molecule has 0 saturated heterocycles. The molecule has 0 radical (unpaired) electrons. The Morgan fingerprint density at radius 2 is 2.50 bits per heavy atom. The maximum atomic E-state index is 8.75. The van der Waals surface area contributed by atoms with Crippen molar-refractivity contribution in [1.29, 1.82) is 0 Å². The van der Waals surface area contributed by atoms with Crippen LogP contribution in [-0.4, -0.2) is 24.9 Å². The van der Waals surface area contributed by atoms with Gasteiger partial charge >= 0.3 is 0 Å². The van der Waals surface area contributed by atoms with E-state index in [1.165, 1.54) is 0 Å². The molecule has 0 atom stereocenters. The summed E-state index contributed by atoms with van der Waals surface area (Å²) < 4.78 is 1.59. The second-order valence-electron chi connectivity index (χ2n) is 2.40. The molecule has 0 bridgehead atoms. The number of aromatic amines is 1. The summed E-state index contributed by atoms with van der Waals surface area (Å²) in [5.74, 6) is 0. The molecule has 2 aromatic heterocycles. The molecular weight excluding hydrogens is 156 g/mol. The highest BCUT2D eigenvalue weighted by Crippen LogP contribution is 2.13. The normalized spacial score (nSPS) is 10.4. The third-order valence-electron chi connectivity index (χ3n) is 1.59. The Hall–Kier alpha value is -1.62. The number of rotatable bonds is 2. The van der Waals surface area contributed by atoms with E-state index in [1.54, 1.807) is 29.5 Å². The van der Waals surface area contributed by atoms with Crippen molar-refractivity contribution in [2.45, 2.75) is 6.73 Å². The molecule has 0 saturated carbocycles. The van der Waals surface area contributed by atoms with Gasteiger partial charge in [-0.05, 0) is 0 Å². The molecule has 2 aromatic rings. The summed E-state index contributed by atoms with van der Waals surface area (Å²) in [5.41, 5.74) is 1.72. The largest absolute Gasteiger partial charge is 0.376 e. The van der Waals surface area contributed by atoms with Crippen LogP contribution in [0.15, 0.2) is 24.9 Å². The SMILES string of the molecule is OCn1cnc(-c2cn[nH]c2)c1. The fraction of sp³-hybridized carbons (Fsp3) is 0.143. The summed E-state index contributed by atoms with van der Waals surface area (Å²) in [7, 11) is 0. The highest BCUT2D eigenvalue weighted by Gasteiger charge is 2.01. The molecule has 5 nitrogen and oxygen atoms in total. The van der Waals surface area contributed by atoms with Crippen molar-refractivity contribution in [1.82, 2.24) is 19.7 Å². The van der Waals surface area contributed by atoms with Gasteiger partial charge in [-0.2, -0.15) is 5.10 Å². The van der Waals surface area contributed by atoms with Crippen molar-refractivity contribution in [3.8, 4) is 11.3 Å². The predicted molar refractivity (Wildman–Crippen MR) is 42.0 cm³/mol. The second kappa shape index (κ2) is 2.78. The molecule has 0 amide bonds. The first kappa shape index (κ1) is 7.05. The number of aliphatic hydroxyl groups excluding tert-OH is 1. The molecule has 0 aliphatic rings. The van der Waals surface area contributed by atoms with Crippen LogP contribution < -0.4 is 0 Å². The van der Waals surface area contributed by atoms with Gasteiger partial charge in [0.15, 0.2) is 0 Å². The molecule has 62 valence electrons. The van der Waals surface area contributed by atoms with Gasteiger partial charge in [-0.1, -0.05) is 0 Å². The number of aliphatic hydroxyl groups is 1. The Labute approximate surface area is 68.7 Å². The summed E-state index contributed by atoms with van der Waals surface area (Å²) in [6.45, 7) is -0.0507. The lowest BCUT2D eigenvalue weighted by Gasteiger charge is -1.89. The summed E-state index contributed by atoms with van der Waals surface area (Å²) in [4.78, 5) is 4.07. The van der Waals surface area contributed by atoms with Crippen molar-refractivity contribution < 1.29 is 5.11 Å². The Bertz CT molecular complexity index is 351. The van der Waals surface area contributed by atoms with Gasteiger partial charge < -0.3 is 9.67 Å². The molecule has 2 rings (SSSR count). The molecular formula is C7H8N4O. The highest BCUT2D eigenvalue weighted by atomic mass is 16.3. The fourth-order valence-corrected chi connectivity index (χ4v) is 0.977. The smallest absolute Gasteiger partial charge is 0.120 e. The quantitative estimate of drug-likeness (QED) is 0.667. The lowest BCUT2D eigenvalue weighted by Crippen LogP contribution is -1.90. The average Bonchev–Trinajstić information content (AvgIpc) is 2.75. The summed E-state index contributed by atoms with van der Waals surface area (Å²) >= 11 is 0. The molecule has 5 heteroatoms. The van der Waals surface area contributed by atoms with Crippen LogP contribution in [0.1, 0.15) is 0 Å². The number of aromatic nitrogens is 4. The molecule has 0 unspecified atom stereocenters. The second-order valence-corrected chi connectivity index (χ2v) is 2.40. The Morgan fingerprint density at radius 1 is 1.58 bits per heavy atom. The van der Waals surface area contributed by atoms with Gasteiger partial charge in [-0.25, -0.2) is 4.98 Å². The number of hydrogen-bond donors (Lipinski definition) is 2. The van der Waals surface area contributed by atoms with E-state index in [1.807, 2.05) is 0 Å². The number of nitrogens with one attached hydrogen (secondary N) is 1. The van der Waals surface area contributed by atoms with E-state index in [4.69, 9.17) is 5.11 Å². The summed E-state index contributed by atoms with van der Waals surface area (Å²) in [6, 6.07) is 0. The zero-order valence-corrected chi connectivity index (χ0v) is 6.31. The first-order chi connectivity index (χ1) is 5.90. The molecule has 0 spiro atoms. The zero-order valence-electron chi connectivity index (χ0n) is 6.31. The van der Waals surface area contributed by atoms with E-state index in [9.17, 15) is 0 Å². The van der Waals surface area contributed by atoms with Crippen molar-refractivity contribution in [2.24, 2.45) is 0 Å². The third-order valence-corrected chi connectivity index (χ3v) is 1.59. The first-order valence-electron chi connectivity index (χ1n) is 3.52.